The minimum atomic E-state index is -1.09. The summed E-state index contributed by atoms with van der Waals surface area (Å²) < 4.78 is 38.5. The van der Waals surface area contributed by atoms with Crippen molar-refractivity contribution in [2.45, 2.75) is 44.1 Å². The molecule has 0 saturated carbocycles. The maximum atomic E-state index is 14.9. The number of aliphatic imine (C=N–C) groups is 1. The minimum Gasteiger partial charge on any atom is -0.482 e. The second-order valence-corrected chi connectivity index (χ2v) is 10.4. The smallest absolute Gasteiger partial charge is 0.274 e. The summed E-state index contributed by atoms with van der Waals surface area (Å²) in [7, 11) is 0. The van der Waals surface area contributed by atoms with Crippen LogP contribution in [-0.4, -0.2) is 32.5 Å². The number of nitrogens with one attached hydrogen (secondary N) is 1. The molecule has 0 aliphatic carbocycles. The Morgan fingerprint density at radius 2 is 2.11 bits per heavy atom. The van der Waals surface area contributed by atoms with Gasteiger partial charge < -0.3 is 20.2 Å². The van der Waals surface area contributed by atoms with Gasteiger partial charge in [-0.3, -0.25) is 9.79 Å². The Labute approximate surface area is 205 Å². The van der Waals surface area contributed by atoms with Gasteiger partial charge >= 0.3 is 0 Å². The lowest BCUT2D eigenvalue weighted by molar-refractivity contribution is 0.102. The van der Waals surface area contributed by atoms with Crippen molar-refractivity contribution in [1.29, 1.82) is 0 Å². The summed E-state index contributed by atoms with van der Waals surface area (Å²) in [5.74, 6) is -0.118. The number of amidine groups is 1. The molecule has 0 unspecified atom stereocenters. The molecule has 1 aliphatic heterocycles. The van der Waals surface area contributed by atoms with Crippen molar-refractivity contribution in [2.75, 3.05) is 12.0 Å². The number of rotatable bonds is 7. The molecule has 1 aromatic carbocycles. The van der Waals surface area contributed by atoms with Crippen LogP contribution < -0.4 is 15.8 Å². The van der Waals surface area contributed by atoms with Crippen LogP contribution in [0.3, 0.4) is 0 Å². The first-order chi connectivity index (χ1) is 16.6. The van der Waals surface area contributed by atoms with E-state index in [1.807, 2.05) is 0 Å². The van der Waals surface area contributed by atoms with E-state index in [-0.39, 0.29) is 29.5 Å². The highest BCUT2D eigenvalue weighted by Crippen LogP contribution is 2.46. The molecule has 0 saturated heterocycles. The fourth-order valence-corrected chi connectivity index (χ4v) is 5.25. The highest BCUT2D eigenvalue weighted by molar-refractivity contribution is 8.15. The molecule has 2 aromatic heterocycles. The SMILES string of the molecule is Cc1cc(OCc2ncco2)cnc1C(=O)Nc1ccc(F)c([C@]2(C)C[C@](C)(CF)SC(N)=N2)c1. The maximum absolute atomic E-state index is 14.9. The van der Waals surface area contributed by atoms with E-state index in [1.165, 1.54) is 36.9 Å². The highest BCUT2D eigenvalue weighted by Gasteiger charge is 2.43. The zero-order chi connectivity index (χ0) is 25.2. The van der Waals surface area contributed by atoms with Crippen molar-refractivity contribution in [3.05, 3.63) is 71.5 Å². The molecule has 4 rings (SSSR count). The molecule has 11 heteroatoms. The van der Waals surface area contributed by atoms with E-state index in [0.29, 0.717) is 22.9 Å². The molecule has 0 radical (unpaired) electrons. The molecule has 2 atom stereocenters. The van der Waals surface area contributed by atoms with E-state index < -0.39 is 28.7 Å². The molecular weight excluding hydrogens is 476 g/mol. The van der Waals surface area contributed by atoms with Crippen LogP contribution in [-0.2, 0) is 12.1 Å². The summed E-state index contributed by atoms with van der Waals surface area (Å²) in [5.41, 5.74) is 6.21. The van der Waals surface area contributed by atoms with Crippen LogP contribution in [0.2, 0.25) is 0 Å². The van der Waals surface area contributed by atoms with Gasteiger partial charge in [-0.05, 0) is 57.0 Å². The van der Waals surface area contributed by atoms with Gasteiger partial charge in [0.1, 0.15) is 30.2 Å². The number of alkyl halides is 1. The molecule has 0 bridgehead atoms. The van der Waals surface area contributed by atoms with Gasteiger partial charge in [0.2, 0.25) is 5.89 Å². The lowest BCUT2D eigenvalue weighted by atomic mass is 9.83. The average molecular weight is 502 g/mol. The van der Waals surface area contributed by atoms with E-state index in [1.54, 1.807) is 26.8 Å². The lowest BCUT2D eigenvalue weighted by Crippen LogP contribution is -2.41. The van der Waals surface area contributed by atoms with Crippen molar-refractivity contribution in [1.82, 2.24) is 9.97 Å². The van der Waals surface area contributed by atoms with E-state index in [0.717, 1.165) is 11.8 Å². The lowest BCUT2D eigenvalue weighted by Gasteiger charge is -2.39. The number of halogens is 2. The number of thioether (sulfide) groups is 1. The fraction of sp³-hybridized carbons (Fsp3) is 0.333. The first kappa shape index (κ1) is 24.6. The summed E-state index contributed by atoms with van der Waals surface area (Å²) in [4.78, 5) is 25.5. The highest BCUT2D eigenvalue weighted by atomic mass is 32.2. The molecular formula is C24H25F2N5O3S. The summed E-state index contributed by atoms with van der Waals surface area (Å²) in [5, 5.41) is 2.94. The maximum Gasteiger partial charge on any atom is 0.274 e. The standard InChI is InChI=1S/C24H25F2N5O3S/c1-14-8-16(34-11-19-28-6-7-33-19)10-29-20(14)21(32)30-15-4-5-18(26)17(9-15)24(3)12-23(2,13-25)35-22(27)31-24/h4-10H,11-13H2,1-3H3,(H2,27,31)(H,30,32)/t23-,24+/m1/s1. The Kier molecular flexibility index (Phi) is 6.79. The van der Waals surface area contributed by atoms with Crippen molar-refractivity contribution in [3.63, 3.8) is 0 Å². The van der Waals surface area contributed by atoms with Gasteiger partial charge in [-0.25, -0.2) is 18.7 Å². The molecule has 0 spiro atoms. The molecule has 35 heavy (non-hydrogen) atoms. The molecule has 3 heterocycles. The zero-order valence-electron chi connectivity index (χ0n) is 19.5. The molecule has 1 amide bonds. The number of hydrogen-bond donors (Lipinski definition) is 2. The number of aryl methyl sites for hydroxylation is 1. The summed E-state index contributed by atoms with van der Waals surface area (Å²) in [6.07, 6.45) is 4.64. The Hall–Kier alpha value is -3.47. The Morgan fingerprint density at radius 3 is 2.80 bits per heavy atom. The Balaban J connectivity index is 1.52. The topological polar surface area (TPSA) is 116 Å². The van der Waals surface area contributed by atoms with Crippen molar-refractivity contribution in [2.24, 2.45) is 10.7 Å². The summed E-state index contributed by atoms with van der Waals surface area (Å²) >= 11 is 1.14. The second kappa shape index (κ2) is 9.65. The third-order valence-corrected chi connectivity index (χ3v) is 6.67. The van der Waals surface area contributed by atoms with E-state index in [4.69, 9.17) is 14.9 Å². The van der Waals surface area contributed by atoms with Crippen LogP contribution in [0.5, 0.6) is 5.75 Å². The predicted molar refractivity (Wildman–Crippen MR) is 130 cm³/mol. The van der Waals surface area contributed by atoms with E-state index >= 15 is 0 Å². The molecule has 184 valence electrons. The number of nitrogens with zero attached hydrogens (tertiary/aromatic N) is 3. The van der Waals surface area contributed by atoms with Gasteiger partial charge in [0.05, 0.1) is 22.7 Å². The largest absolute Gasteiger partial charge is 0.482 e. The van der Waals surface area contributed by atoms with Gasteiger partial charge in [-0.2, -0.15) is 0 Å². The van der Waals surface area contributed by atoms with Crippen molar-refractivity contribution < 1.29 is 22.7 Å². The number of anilines is 1. The number of aromatic nitrogens is 2. The number of amides is 1. The van der Waals surface area contributed by atoms with E-state index in [9.17, 15) is 13.6 Å². The van der Waals surface area contributed by atoms with Gasteiger partial charge in [0.15, 0.2) is 11.8 Å². The van der Waals surface area contributed by atoms with Gasteiger partial charge in [0, 0.05) is 11.3 Å². The third kappa shape index (κ3) is 5.45. The number of carbonyl (C=O) groups excluding carboxylic acids is 1. The zero-order valence-corrected chi connectivity index (χ0v) is 20.3. The average Bonchev–Trinajstić information content (AvgIpc) is 3.32. The number of benzene rings is 1. The molecule has 3 N–H and O–H groups in total. The molecule has 1 aliphatic rings. The summed E-state index contributed by atoms with van der Waals surface area (Å²) in [6.45, 7) is 4.66. The molecule has 3 aromatic rings. The number of ether oxygens (including phenoxy) is 1. The number of hydrogen-bond acceptors (Lipinski definition) is 8. The second-order valence-electron chi connectivity index (χ2n) is 8.79. The van der Waals surface area contributed by atoms with Crippen LogP contribution in [0.4, 0.5) is 14.5 Å². The first-order valence-electron chi connectivity index (χ1n) is 10.8. The number of carbonyl (C=O) groups is 1. The van der Waals surface area contributed by atoms with Crippen molar-refractivity contribution >= 4 is 28.5 Å². The van der Waals surface area contributed by atoms with Gasteiger partial charge in [-0.1, -0.05) is 11.8 Å². The van der Waals surface area contributed by atoms with Crippen LogP contribution in [0.1, 0.15) is 47.8 Å². The predicted octanol–water partition coefficient (Wildman–Crippen LogP) is 4.74. The Bertz CT molecular complexity index is 1270. The quantitative estimate of drug-likeness (QED) is 0.480. The van der Waals surface area contributed by atoms with Crippen LogP contribution in [0, 0.1) is 12.7 Å². The minimum absolute atomic E-state index is 0.129. The van der Waals surface area contributed by atoms with Gasteiger partial charge in [0.25, 0.3) is 5.91 Å². The fourth-order valence-electron chi connectivity index (χ4n) is 4.09. The van der Waals surface area contributed by atoms with E-state index in [2.05, 4.69) is 20.3 Å². The monoisotopic (exact) mass is 501 g/mol. The van der Waals surface area contributed by atoms with Crippen LogP contribution in [0.25, 0.3) is 0 Å². The normalized spacial score (nSPS) is 21.9. The summed E-state index contributed by atoms with van der Waals surface area (Å²) in [6, 6.07) is 5.87. The first-order valence-corrected chi connectivity index (χ1v) is 11.6. The number of oxazole rings is 1. The Morgan fingerprint density at radius 1 is 1.31 bits per heavy atom. The number of nitrogens with two attached hydrogens (primary N) is 1. The van der Waals surface area contributed by atoms with Crippen molar-refractivity contribution in [3.8, 4) is 5.75 Å². The molecule has 0 fully saturated rings. The molecule has 8 nitrogen and oxygen atoms in total. The van der Waals surface area contributed by atoms with Gasteiger partial charge in [-0.15, -0.1) is 0 Å². The third-order valence-electron chi connectivity index (χ3n) is 5.63. The van der Waals surface area contributed by atoms with Crippen LogP contribution in [0.15, 0.2) is 52.3 Å². The van der Waals surface area contributed by atoms with Crippen LogP contribution >= 0.6 is 11.8 Å². The number of pyridine rings is 1.